The van der Waals surface area contributed by atoms with Gasteiger partial charge in [-0.2, -0.15) is 18.2 Å². The molecule has 1 rings (SSSR count). The van der Waals surface area contributed by atoms with Crippen molar-refractivity contribution in [3.05, 3.63) is 43.5 Å². The number of hydrogen-bond acceptors (Lipinski definition) is 0. The maximum Gasteiger partial charge on any atom is 6.00 e. The minimum atomic E-state index is 0. The summed E-state index contributed by atoms with van der Waals surface area (Å²) in [6, 6.07) is 10.0. The van der Waals surface area contributed by atoms with Gasteiger partial charge in [-0.05, 0) is 15.8 Å². The molecule has 16 heavy (non-hydrogen) atoms. The largest absolute Gasteiger partial charge is 6.00 e. The zero-order valence-electron chi connectivity index (χ0n) is 11.5. The molecule has 0 heterocycles. The second-order valence-electron chi connectivity index (χ2n) is 3.96. The second kappa shape index (κ2) is 24.6. The molecule has 0 saturated heterocycles. The van der Waals surface area contributed by atoms with E-state index in [-0.39, 0.29) is 32.9 Å². The van der Waals surface area contributed by atoms with Gasteiger partial charge in [0.1, 0.15) is 0 Å². The zero-order valence-corrected chi connectivity index (χ0v) is 14.6. The Hall–Kier alpha value is 0.469. The standard InChI is InChI=1S/C5H5.2C3H9P.C2H3.Fe/c1-2-4-5-3-1;2*1-4(2)3;1-2;/h1-5H;2*1-3H3;1H,2H2;/q-1;;;-1;+6/p+2. The van der Waals surface area contributed by atoms with Crippen LogP contribution in [0.4, 0.5) is 0 Å². The fourth-order valence-corrected chi connectivity index (χ4v) is 0.321. The average molecular weight is 302 g/mol. The van der Waals surface area contributed by atoms with Crippen LogP contribution >= 0.6 is 15.8 Å². The minimum Gasteiger partial charge on any atom is -0.521 e. The van der Waals surface area contributed by atoms with Crippen LogP contribution in [-0.2, 0) is 17.1 Å². The van der Waals surface area contributed by atoms with Crippen LogP contribution in [0.5, 0.6) is 0 Å². The van der Waals surface area contributed by atoms with E-state index >= 15 is 0 Å². The summed E-state index contributed by atoms with van der Waals surface area (Å²) in [5.74, 6) is 0. The van der Waals surface area contributed by atoms with Gasteiger partial charge >= 0.3 is 17.1 Å². The maximum absolute atomic E-state index is 4.25. The summed E-state index contributed by atoms with van der Waals surface area (Å²) >= 11 is 0. The van der Waals surface area contributed by atoms with Gasteiger partial charge in [-0.15, -0.1) is 0 Å². The molecule has 92 valence electrons. The molecule has 0 radical (unpaired) electrons. The van der Waals surface area contributed by atoms with Crippen molar-refractivity contribution in [2.75, 3.05) is 40.0 Å². The number of rotatable bonds is 0. The van der Waals surface area contributed by atoms with Crippen LogP contribution in [0.25, 0.3) is 0 Å². The van der Waals surface area contributed by atoms with Gasteiger partial charge in [-0.3, -0.25) is 6.58 Å². The van der Waals surface area contributed by atoms with E-state index in [4.69, 9.17) is 0 Å². The van der Waals surface area contributed by atoms with Crippen LogP contribution in [0.2, 0.25) is 0 Å². The van der Waals surface area contributed by atoms with Crippen LogP contribution in [0.15, 0.2) is 36.9 Å². The summed E-state index contributed by atoms with van der Waals surface area (Å²) in [5.41, 5.74) is 0. The van der Waals surface area contributed by atoms with E-state index in [1.807, 2.05) is 30.3 Å². The van der Waals surface area contributed by atoms with Crippen LogP contribution in [0.3, 0.4) is 0 Å². The van der Waals surface area contributed by atoms with Crippen molar-refractivity contribution in [3.63, 3.8) is 0 Å². The first-order valence-electron chi connectivity index (χ1n) is 5.07. The topological polar surface area (TPSA) is 0 Å². The van der Waals surface area contributed by atoms with E-state index in [1.165, 1.54) is 0 Å². The van der Waals surface area contributed by atoms with Gasteiger partial charge in [-0.1, -0.05) is 0 Å². The molecule has 0 bridgehead atoms. The van der Waals surface area contributed by atoms with Crippen LogP contribution < -0.4 is 0 Å². The van der Waals surface area contributed by atoms with Crippen LogP contribution in [0, 0.1) is 6.58 Å². The summed E-state index contributed by atoms with van der Waals surface area (Å²) in [5, 5.41) is 0. The third-order valence-corrected chi connectivity index (χ3v) is 0.556. The van der Waals surface area contributed by atoms with E-state index in [9.17, 15) is 0 Å². The summed E-state index contributed by atoms with van der Waals surface area (Å²) in [7, 11) is 0.241. The molecule has 3 heteroatoms. The predicted octanol–water partition coefficient (Wildman–Crippen LogP) is 4.19. The molecular formula is C13H28FeP2+6. The smallest absolute Gasteiger partial charge is 0.521 e. The quantitative estimate of drug-likeness (QED) is 0.383. The molecule has 0 aliphatic heterocycles. The monoisotopic (exact) mass is 302 g/mol. The summed E-state index contributed by atoms with van der Waals surface area (Å²) < 4.78 is 0. The van der Waals surface area contributed by atoms with E-state index in [0.29, 0.717) is 0 Å². The molecule has 0 amide bonds. The van der Waals surface area contributed by atoms with Gasteiger partial charge in [0.25, 0.3) is 0 Å². The van der Waals surface area contributed by atoms with Crippen LogP contribution in [-0.4, -0.2) is 40.0 Å². The van der Waals surface area contributed by atoms with E-state index < -0.39 is 0 Å². The molecule has 0 aromatic heterocycles. The summed E-state index contributed by atoms with van der Waals surface area (Å²) in [6.07, 6.45) is 0. The van der Waals surface area contributed by atoms with Gasteiger partial charge in [0.05, 0.1) is 0 Å². The molecule has 0 nitrogen and oxygen atoms in total. The Morgan fingerprint density at radius 2 is 1.00 bits per heavy atom. The third-order valence-electron chi connectivity index (χ3n) is 0.556. The minimum absolute atomic E-state index is 0. The summed E-state index contributed by atoms with van der Waals surface area (Å²) in [4.78, 5) is 0. The number of hydrogen-bond donors (Lipinski definition) is 0. The third kappa shape index (κ3) is 87.8. The van der Waals surface area contributed by atoms with Gasteiger partial charge in [0.2, 0.25) is 0 Å². The molecule has 1 aromatic carbocycles. The van der Waals surface area contributed by atoms with Crippen molar-refractivity contribution < 1.29 is 17.1 Å². The Labute approximate surface area is 116 Å². The first kappa shape index (κ1) is 25.3. The van der Waals surface area contributed by atoms with Crippen molar-refractivity contribution in [1.29, 1.82) is 0 Å². The first-order chi connectivity index (χ1) is 6.96. The van der Waals surface area contributed by atoms with Crippen molar-refractivity contribution in [2.24, 2.45) is 0 Å². The van der Waals surface area contributed by atoms with Crippen molar-refractivity contribution >= 4 is 15.8 Å². The first-order valence-corrected chi connectivity index (χ1v) is 11.1. The summed E-state index contributed by atoms with van der Waals surface area (Å²) in [6.45, 7) is 20.6. The van der Waals surface area contributed by atoms with E-state index in [2.05, 4.69) is 53.1 Å². The van der Waals surface area contributed by atoms with E-state index in [1.54, 1.807) is 0 Å². The van der Waals surface area contributed by atoms with E-state index in [0.717, 1.165) is 0 Å². The zero-order chi connectivity index (χ0) is 12.7. The Bertz CT molecular complexity index is 132. The molecule has 1 aromatic rings. The molecule has 0 spiro atoms. The normalized spacial score (nSPS) is 7.25. The Morgan fingerprint density at radius 3 is 1.06 bits per heavy atom. The van der Waals surface area contributed by atoms with Crippen molar-refractivity contribution in [1.82, 2.24) is 0 Å². The fraction of sp³-hybridized carbons (Fsp3) is 0.462. The predicted molar refractivity (Wildman–Crippen MR) is 84.1 cm³/mol. The molecule has 0 atom stereocenters. The molecule has 0 saturated carbocycles. The molecule has 0 fully saturated rings. The van der Waals surface area contributed by atoms with Gasteiger partial charge in [0.15, 0.2) is 0 Å². The molecule has 0 N–H and O–H groups in total. The van der Waals surface area contributed by atoms with Crippen molar-refractivity contribution in [2.45, 2.75) is 0 Å². The second-order valence-corrected chi connectivity index (χ2v) is 9.96. The van der Waals surface area contributed by atoms with Gasteiger partial charge in [0, 0.05) is 40.0 Å². The maximum atomic E-state index is 4.25. The Kier molecular flexibility index (Phi) is 39.0. The molecule has 0 unspecified atom stereocenters. The van der Waals surface area contributed by atoms with Crippen LogP contribution in [0.1, 0.15) is 0 Å². The fourth-order valence-electron chi connectivity index (χ4n) is 0.321. The SMILES string of the molecule is C[PH+](C)C.C[PH+](C)C.[CH-]=C.[Fe+6].c1cc[cH-]c1. The van der Waals surface area contributed by atoms with Crippen molar-refractivity contribution in [3.8, 4) is 0 Å². The average Bonchev–Trinajstić information content (AvgIpc) is 2.61. The van der Waals surface area contributed by atoms with Gasteiger partial charge in [-0.25, -0.2) is 12.1 Å². The molecule has 0 aliphatic rings. The molecular weight excluding hydrogens is 274 g/mol. The van der Waals surface area contributed by atoms with Gasteiger partial charge < -0.3 is 6.58 Å². The Balaban J connectivity index is -0.0000000616. The molecule has 0 aliphatic carbocycles. The Morgan fingerprint density at radius 1 is 0.812 bits per heavy atom.